The molecule has 4 heteroatoms. The Balaban J connectivity index is 1.40. The predicted molar refractivity (Wildman–Crippen MR) is 109 cm³/mol. The molecule has 0 amide bonds. The Labute approximate surface area is 162 Å². The molecule has 3 aliphatic carbocycles. The third-order valence-corrected chi connectivity index (χ3v) is 9.11. The van der Waals surface area contributed by atoms with Gasteiger partial charge in [0.25, 0.3) is 6.02 Å². The summed E-state index contributed by atoms with van der Waals surface area (Å²) in [6.45, 7) is 0.733. The number of nitrogens with zero attached hydrogens (tertiary/aromatic N) is 2. The molecule has 8 atom stereocenters. The maximum Gasteiger partial charge on any atom is 0.288 e. The third kappa shape index (κ3) is 1.97. The monoisotopic (exact) mass is 360 g/mol. The van der Waals surface area contributed by atoms with Gasteiger partial charge in [0, 0.05) is 12.0 Å². The third-order valence-electron chi connectivity index (χ3n) is 9.11. The zero-order valence-corrected chi connectivity index (χ0v) is 16.0. The number of hydrogen-bond acceptors (Lipinski definition) is 3. The molecule has 140 valence electrons. The summed E-state index contributed by atoms with van der Waals surface area (Å²) in [6, 6.07) is 14.4. The number of aliphatic imine (C=N–C) groups is 1. The van der Waals surface area contributed by atoms with E-state index in [0.717, 1.165) is 36.2 Å². The van der Waals surface area contributed by atoms with E-state index < -0.39 is 0 Å². The average Bonchev–Trinajstić information content (AvgIpc) is 3.10. The Bertz CT molecular complexity index is 782. The van der Waals surface area contributed by atoms with E-state index in [9.17, 15) is 0 Å². The standard InChI is InChI=1S/C23H29BN2O/c1-2-7-15(8-3-1)24-16-9-5-10-18-21(16)26-22-17(24)13-12-14-6-4-11-19(20(14)22)27-23(26)25-18/h1-3,7-8,14,16-22H,4-6,9-13H2. The fourth-order valence-corrected chi connectivity index (χ4v) is 8.38. The molecule has 0 spiro atoms. The summed E-state index contributed by atoms with van der Waals surface area (Å²) in [7, 11) is 0. The molecule has 27 heavy (non-hydrogen) atoms. The van der Waals surface area contributed by atoms with E-state index in [1.54, 1.807) is 5.46 Å². The van der Waals surface area contributed by atoms with Gasteiger partial charge in [-0.2, -0.15) is 0 Å². The Kier molecular flexibility index (Phi) is 3.18. The van der Waals surface area contributed by atoms with E-state index in [1.165, 1.54) is 51.4 Å². The van der Waals surface area contributed by atoms with Crippen LogP contribution in [0, 0.1) is 11.8 Å². The Morgan fingerprint density at radius 2 is 1.74 bits per heavy atom. The number of benzene rings is 1. The van der Waals surface area contributed by atoms with E-state index in [1.807, 2.05) is 0 Å². The first-order chi connectivity index (χ1) is 13.4. The van der Waals surface area contributed by atoms with Crippen LogP contribution in [-0.4, -0.2) is 41.9 Å². The second-order valence-corrected chi connectivity index (χ2v) is 10.1. The summed E-state index contributed by atoms with van der Waals surface area (Å²) < 4.78 is 6.63. The van der Waals surface area contributed by atoms with Gasteiger partial charge in [-0.05, 0) is 43.2 Å². The van der Waals surface area contributed by atoms with Crippen molar-refractivity contribution in [2.24, 2.45) is 16.8 Å². The Morgan fingerprint density at radius 1 is 0.889 bits per heavy atom. The molecule has 6 aliphatic rings. The minimum atomic E-state index is 0.444. The van der Waals surface area contributed by atoms with Crippen molar-refractivity contribution in [2.75, 3.05) is 0 Å². The van der Waals surface area contributed by atoms with Crippen LogP contribution in [0.4, 0.5) is 0 Å². The first-order valence-electron chi connectivity index (χ1n) is 11.5. The van der Waals surface area contributed by atoms with E-state index in [2.05, 4.69) is 35.2 Å². The normalized spacial score (nSPS) is 46.4. The molecule has 3 nitrogen and oxygen atoms in total. The fourth-order valence-electron chi connectivity index (χ4n) is 8.38. The lowest BCUT2D eigenvalue weighted by Crippen LogP contribution is -2.71. The van der Waals surface area contributed by atoms with Crippen LogP contribution < -0.4 is 5.46 Å². The van der Waals surface area contributed by atoms with Gasteiger partial charge in [-0.3, -0.25) is 0 Å². The highest BCUT2D eigenvalue weighted by Crippen LogP contribution is 2.59. The van der Waals surface area contributed by atoms with Gasteiger partial charge in [0.15, 0.2) is 6.71 Å². The van der Waals surface area contributed by atoms with Crippen LogP contribution in [0.3, 0.4) is 0 Å². The predicted octanol–water partition coefficient (Wildman–Crippen LogP) is 3.71. The van der Waals surface area contributed by atoms with Gasteiger partial charge < -0.3 is 9.64 Å². The topological polar surface area (TPSA) is 24.8 Å². The molecule has 0 radical (unpaired) electrons. The zero-order valence-electron chi connectivity index (χ0n) is 16.0. The van der Waals surface area contributed by atoms with Crippen LogP contribution >= 0.6 is 0 Å². The molecule has 1 aromatic carbocycles. The quantitative estimate of drug-likeness (QED) is 0.714. The van der Waals surface area contributed by atoms with Gasteiger partial charge in [-0.15, -0.1) is 0 Å². The highest BCUT2D eigenvalue weighted by Gasteiger charge is 2.65. The van der Waals surface area contributed by atoms with Crippen molar-refractivity contribution in [2.45, 2.75) is 87.2 Å². The molecule has 0 bridgehead atoms. The van der Waals surface area contributed by atoms with Gasteiger partial charge in [0.1, 0.15) is 6.10 Å². The molecule has 0 aromatic heterocycles. The van der Waals surface area contributed by atoms with Crippen molar-refractivity contribution < 1.29 is 4.74 Å². The number of amidine groups is 1. The molecule has 8 unspecified atom stereocenters. The van der Waals surface area contributed by atoms with E-state index in [4.69, 9.17) is 9.73 Å². The summed E-state index contributed by atoms with van der Waals surface area (Å²) in [5, 5.41) is 0. The lowest BCUT2D eigenvalue weighted by Gasteiger charge is -2.63. The average molecular weight is 360 g/mol. The maximum absolute atomic E-state index is 6.63. The molecule has 0 N–H and O–H groups in total. The Morgan fingerprint density at radius 3 is 2.67 bits per heavy atom. The second-order valence-electron chi connectivity index (χ2n) is 10.1. The lowest BCUT2D eigenvalue weighted by molar-refractivity contribution is -0.0848. The van der Waals surface area contributed by atoms with Gasteiger partial charge in [0.05, 0.1) is 12.1 Å². The van der Waals surface area contributed by atoms with Crippen LogP contribution in [0.5, 0.6) is 0 Å². The molecule has 3 saturated carbocycles. The Hall–Kier alpha value is -1.45. The summed E-state index contributed by atoms with van der Waals surface area (Å²) in [4.78, 5) is 7.96. The molecule has 3 aliphatic heterocycles. The van der Waals surface area contributed by atoms with E-state index in [-0.39, 0.29) is 0 Å². The summed E-state index contributed by atoms with van der Waals surface area (Å²) in [5.74, 6) is 3.20. The van der Waals surface area contributed by atoms with Crippen molar-refractivity contribution >= 4 is 18.2 Å². The minimum Gasteiger partial charge on any atom is -0.461 e. The minimum absolute atomic E-state index is 0.444. The van der Waals surface area contributed by atoms with Crippen LogP contribution in [0.2, 0.25) is 11.6 Å². The zero-order chi connectivity index (χ0) is 17.5. The molecule has 5 fully saturated rings. The maximum atomic E-state index is 6.63. The number of rotatable bonds is 1. The van der Waals surface area contributed by atoms with Crippen molar-refractivity contribution in [3.63, 3.8) is 0 Å². The fraction of sp³-hybridized carbons (Fsp3) is 0.696. The van der Waals surface area contributed by atoms with Gasteiger partial charge in [0.2, 0.25) is 0 Å². The molecule has 7 rings (SSSR count). The van der Waals surface area contributed by atoms with Gasteiger partial charge in [-0.1, -0.05) is 61.5 Å². The van der Waals surface area contributed by atoms with E-state index >= 15 is 0 Å². The van der Waals surface area contributed by atoms with Crippen LogP contribution in [0.15, 0.2) is 35.3 Å². The van der Waals surface area contributed by atoms with Crippen molar-refractivity contribution in [1.82, 2.24) is 4.90 Å². The summed E-state index contributed by atoms with van der Waals surface area (Å²) >= 11 is 0. The van der Waals surface area contributed by atoms with Crippen LogP contribution in [0.25, 0.3) is 0 Å². The molecular formula is C23H29BN2O. The van der Waals surface area contributed by atoms with Crippen molar-refractivity contribution in [1.29, 1.82) is 0 Å². The van der Waals surface area contributed by atoms with Crippen molar-refractivity contribution in [3.8, 4) is 0 Å². The largest absolute Gasteiger partial charge is 0.461 e. The SMILES string of the molecule is c1ccc(B2C3CCCC4N=C5OC6CCCC7CCC2C(C76)N5C43)cc1. The molecular weight excluding hydrogens is 331 g/mol. The molecule has 1 aromatic rings. The second kappa shape index (κ2) is 5.55. The lowest BCUT2D eigenvalue weighted by atomic mass is 9.23. The number of ether oxygens (including phenoxy) is 1. The summed E-state index contributed by atoms with van der Waals surface area (Å²) in [5.41, 5.74) is 1.61. The molecule has 2 saturated heterocycles. The highest BCUT2D eigenvalue weighted by molar-refractivity contribution is 6.76. The van der Waals surface area contributed by atoms with Gasteiger partial charge in [-0.25, -0.2) is 4.99 Å². The van der Waals surface area contributed by atoms with Crippen LogP contribution in [-0.2, 0) is 4.74 Å². The van der Waals surface area contributed by atoms with Gasteiger partial charge >= 0.3 is 0 Å². The number of hydrogen-bond donors (Lipinski definition) is 0. The molecule has 3 heterocycles. The first-order valence-corrected chi connectivity index (χ1v) is 11.5. The van der Waals surface area contributed by atoms with E-state index in [0.29, 0.717) is 24.2 Å². The van der Waals surface area contributed by atoms with Crippen LogP contribution in [0.1, 0.15) is 51.4 Å². The summed E-state index contributed by atoms with van der Waals surface area (Å²) in [6.07, 6.45) is 11.3. The van der Waals surface area contributed by atoms with Crippen molar-refractivity contribution in [3.05, 3.63) is 30.3 Å². The highest BCUT2D eigenvalue weighted by atomic mass is 16.5. The smallest absolute Gasteiger partial charge is 0.288 e. The first kappa shape index (κ1) is 15.5.